The third kappa shape index (κ3) is 6.87. The largest absolute Gasteiger partial charge is 0.467 e. The molecule has 1 heterocycles. The molecule has 1 unspecified atom stereocenters. The third-order valence-electron chi connectivity index (χ3n) is 6.25. The van der Waals surface area contributed by atoms with Gasteiger partial charge in [-0.25, -0.2) is 4.79 Å². The molecule has 2 aliphatic rings. The van der Waals surface area contributed by atoms with Crippen LogP contribution in [0.15, 0.2) is 48.5 Å². The van der Waals surface area contributed by atoms with Crippen molar-refractivity contribution >= 4 is 24.5 Å². The summed E-state index contributed by atoms with van der Waals surface area (Å²) in [7, 11) is 1.31. The highest BCUT2D eigenvalue weighted by Crippen LogP contribution is 2.44. The van der Waals surface area contributed by atoms with Gasteiger partial charge in [-0.2, -0.15) is 9.59 Å². The summed E-state index contributed by atoms with van der Waals surface area (Å²) < 4.78 is 9.59. The summed E-state index contributed by atoms with van der Waals surface area (Å²) in [5, 5.41) is 9.73. The first-order chi connectivity index (χ1) is 17.3. The molecule has 1 aliphatic carbocycles. The monoisotopic (exact) mass is 497 g/mol. The lowest BCUT2D eigenvalue weighted by Gasteiger charge is -2.26. The van der Waals surface area contributed by atoms with Gasteiger partial charge in [-0.05, 0) is 34.6 Å². The van der Waals surface area contributed by atoms with Crippen LogP contribution < -0.4 is 0 Å². The van der Waals surface area contributed by atoms with Crippen LogP contribution in [0.4, 0.5) is 0 Å². The summed E-state index contributed by atoms with van der Waals surface area (Å²) in [5.41, 5.74) is 5.00. The van der Waals surface area contributed by atoms with Gasteiger partial charge in [-0.15, -0.1) is 0 Å². The van der Waals surface area contributed by atoms with E-state index < -0.39 is 18.1 Å². The van der Waals surface area contributed by atoms with Crippen molar-refractivity contribution in [3.63, 3.8) is 0 Å². The SMILES string of the molecule is COC(=O)[C@@H]1CCC(=O)N1CC(O)C(C)C.O=C=O.O=COCC1c2ccccc2-c2ccccc21. The molecule has 0 radical (unpaired) electrons. The standard InChI is InChI=1S/C15H12O2.C11H19NO4.CO2/c16-10-17-9-15-13-7-3-1-5-11(13)12-6-2-4-8-14(12)15;1-7(2)9(13)6-12-8(11(15)16-3)4-5-10(12)14;2-1-3/h1-8,10,15H,9H2;7-9,13H,4-6H2,1-3H3;/t;8-,9?;/m.0./s1. The van der Waals surface area contributed by atoms with Crippen LogP contribution in [0.2, 0.25) is 0 Å². The van der Waals surface area contributed by atoms with E-state index in [2.05, 4.69) is 29.0 Å². The third-order valence-corrected chi connectivity index (χ3v) is 6.25. The van der Waals surface area contributed by atoms with E-state index >= 15 is 0 Å². The van der Waals surface area contributed by atoms with Gasteiger partial charge in [-0.1, -0.05) is 62.4 Å². The molecular weight excluding hydrogens is 466 g/mol. The van der Waals surface area contributed by atoms with Crippen LogP contribution in [-0.4, -0.2) is 66.9 Å². The second kappa shape index (κ2) is 13.9. The number of nitrogens with zero attached hydrogens (tertiary/aromatic N) is 1. The zero-order chi connectivity index (χ0) is 26.7. The Labute approximate surface area is 210 Å². The number of likely N-dealkylation sites (tertiary alicyclic amines) is 1. The number of hydrogen-bond acceptors (Lipinski definition) is 8. The lowest BCUT2D eigenvalue weighted by atomic mass is 9.98. The van der Waals surface area contributed by atoms with Crippen LogP contribution in [0.1, 0.15) is 43.7 Å². The number of methoxy groups -OCH3 is 1. The number of aliphatic hydroxyl groups excluding tert-OH is 1. The lowest BCUT2D eigenvalue weighted by molar-refractivity contribution is -0.191. The molecule has 0 spiro atoms. The van der Waals surface area contributed by atoms with Gasteiger partial charge < -0.3 is 19.5 Å². The fourth-order valence-corrected chi connectivity index (χ4v) is 4.33. The van der Waals surface area contributed by atoms with E-state index in [0.29, 0.717) is 25.9 Å². The number of fused-ring (bicyclic) bond motifs is 3. The van der Waals surface area contributed by atoms with Gasteiger partial charge in [0, 0.05) is 18.9 Å². The number of carbonyl (C=O) groups is 3. The minimum absolute atomic E-state index is 0.0618. The summed E-state index contributed by atoms with van der Waals surface area (Å²) in [6, 6.07) is 16.1. The number of esters is 1. The van der Waals surface area contributed by atoms with Crippen molar-refractivity contribution in [2.45, 2.75) is 44.8 Å². The van der Waals surface area contributed by atoms with E-state index in [1.165, 1.54) is 34.3 Å². The summed E-state index contributed by atoms with van der Waals surface area (Å²) >= 11 is 0. The topological polar surface area (TPSA) is 127 Å². The zero-order valence-corrected chi connectivity index (χ0v) is 20.6. The molecule has 0 saturated carbocycles. The first-order valence-corrected chi connectivity index (χ1v) is 11.6. The average molecular weight is 498 g/mol. The maximum Gasteiger partial charge on any atom is 0.373 e. The molecular formula is C27H31NO8. The molecule has 1 saturated heterocycles. The molecule has 4 rings (SSSR count). The fraction of sp³-hybridized carbons (Fsp3) is 0.407. The van der Waals surface area contributed by atoms with Gasteiger partial charge in [0.2, 0.25) is 5.91 Å². The van der Waals surface area contributed by atoms with E-state index in [9.17, 15) is 19.5 Å². The van der Waals surface area contributed by atoms with Crippen LogP contribution in [0.3, 0.4) is 0 Å². The van der Waals surface area contributed by atoms with Crippen molar-refractivity contribution in [1.82, 2.24) is 4.90 Å². The maximum atomic E-state index is 11.6. The highest BCUT2D eigenvalue weighted by molar-refractivity contribution is 5.88. The van der Waals surface area contributed by atoms with E-state index in [1.54, 1.807) is 0 Å². The second-order valence-electron chi connectivity index (χ2n) is 8.68. The van der Waals surface area contributed by atoms with Crippen LogP contribution in [-0.2, 0) is 33.4 Å². The van der Waals surface area contributed by atoms with Gasteiger partial charge in [0.25, 0.3) is 6.47 Å². The van der Waals surface area contributed by atoms with Crippen LogP contribution in [0, 0.1) is 5.92 Å². The van der Waals surface area contributed by atoms with Crippen molar-refractivity contribution in [3.8, 4) is 11.1 Å². The Morgan fingerprint density at radius 3 is 2.11 bits per heavy atom. The molecule has 2 atom stereocenters. The summed E-state index contributed by atoms with van der Waals surface area (Å²) in [6.45, 7) is 4.88. The second-order valence-corrected chi connectivity index (χ2v) is 8.68. The zero-order valence-electron chi connectivity index (χ0n) is 20.6. The van der Waals surface area contributed by atoms with Gasteiger partial charge in [0.15, 0.2) is 0 Å². The fourth-order valence-electron chi connectivity index (χ4n) is 4.33. The molecule has 1 fully saturated rings. The molecule has 1 N–H and O–H groups in total. The highest BCUT2D eigenvalue weighted by Gasteiger charge is 2.37. The minimum atomic E-state index is -0.603. The van der Waals surface area contributed by atoms with Crippen molar-refractivity contribution in [3.05, 3.63) is 59.7 Å². The van der Waals surface area contributed by atoms with E-state index in [0.717, 1.165) is 0 Å². The Bertz CT molecular complexity index is 1030. The van der Waals surface area contributed by atoms with Crippen molar-refractivity contribution in [2.24, 2.45) is 5.92 Å². The molecule has 0 aromatic heterocycles. The molecule has 9 nitrogen and oxygen atoms in total. The molecule has 2 aromatic rings. The normalized spacial score (nSPS) is 16.4. The summed E-state index contributed by atoms with van der Waals surface area (Å²) in [5.74, 6) is -0.254. The molecule has 36 heavy (non-hydrogen) atoms. The average Bonchev–Trinajstić information content (AvgIpc) is 3.40. The number of ether oxygens (including phenoxy) is 2. The van der Waals surface area contributed by atoms with Gasteiger partial charge >= 0.3 is 12.1 Å². The van der Waals surface area contributed by atoms with Crippen LogP contribution in [0.25, 0.3) is 11.1 Å². The smallest absolute Gasteiger partial charge is 0.373 e. The molecule has 192 valence electrons. The van der Waals surface area contributed by atoms with Crippen LogP contribution >= 0.6 is 0 Å². The van der Waals surface area contributed by atoms with Crippen molar-refractivity contribution < 1.29 is 38.6 Å². The molecule has 9 heteroatoms. The number of amides is 1. The first-order valence-electron chi connectivity index (χ1n) is 11.6. The predicted octanol–water partition coefficient (Wildman–Crippen LogP) is 2.56. The quantitative estimate of drug-likeness (QED) is 0.457. The Morgan fingerprint density at radius 1 is 1.11 bits per heavy atom. The van der Waals surface area contributed by atoms with E-state index in [-0.39, 0.29) is 30.4 Å². The molecule has 1 amide bonds. The number of hydrogen-bond donors (Lipinski definition) is 1. The van der Waals surface area contributed by atoms with E-state index in [1.807, 2.05) is 38.1 Å². The van der Waals surface area contributed by atoms with Crippen LogP contribution in [0.5, 0.6) is 0 Å². The number of carbonyl (C=O) groups excluding carboxylic acids is 5. The van der Waals surface area contributed by atoms with Crippen molar-refractivity contribution in [2.75, 3.05) is 20.3 Å². The van der Waals surface area contributed by atoms with E-state index in [4.69, 9.17) is 14.3 Å². The Morgan fingerprint density at radius 2 is 1.64 bits per heavy atom. The summed E-state index contributed by atoms with van der Waals surface area (Å²) in [4.78, 5) is 51.0. The summed E-state index contributed by atoms with van der Waals surface area (Å²) in [6.07, 6.45) is 0.482. The van der Waals surface area contributed by atoms with Crippen molar-refractivity contribution in [1.29, 1.82) is 0 Å². The Hall–Kier alpha value is -3.81. The molecule has 1 aliphatic heterocycles. The number of benzene rings is 2. The Balaban J connectivity index is 0.000000229. The van der Waals surface area contributed by atoms with Gasteiger partial charge in [0.1, 0.15) is 12.6 Å². The number of aliphatic hydroxyl groups is 1. The molecule has 0 bridgehead atoms. The number of rotatable bonds is 7. The highest BCUT2D eigenvalue weighted by atomic mass is 16.5. The van der Waals surface area contributed by atoms with Gasteiger partial charge in [-0.3, -0.25) is 9.59 Å². The predicted molar refractivity (Wildman–Crippen MR) is 128 cm³/mol. The molecule has 2 aromatic carbocycles. The lowest BCUT2D eigenvalue weighted by Crippen LogP contribution is -2.44. The Kier molecular flexibility index (Phi) is 11.0. The maximum absolute atomic E-state index is 11.6. The minimum Gasteiger partial charge on any atom is -0.467 e. The number of β-amino-alcohol motifs (C(OH)–C–C–N with tert-alkyl or cyclic N) is 1. The first kappa shape index (κ1) is 28.4. The van der Waals surface area contributed by atoms with Gasteiger partial charge in [0.05, 0.1) is 13.2 Å².